The Morgan fingerprint density at radius 2 is 1.88 bits per heavy atom. The molecule has 25 heavy (non-hydrogen) atoms. The minimum Gasteiger partial charge on any atom is -0.434 e. The molecule has 0 bridgehead atoms. The number of nitrogens with zero attached hydrogens (tertiary/aromatic N) is 1. The van der Waals surface area contributed by atoms with Crippen LogP contribution in [0.3, 0.4) is 0 Å². The van der Waals surface area contributed by atoms with Crippen LogP contribution in [0.25, 0.3) is 0 Å². The average molecular weight is 365 g/mol. The number of hydrogen-bond donors (Lipinski definition) is 0. The summed E-state index contributed by atoms with van der Waals surface area (Å²) in [6.07, 6.45) is 5.37. The Hall–Kier alpha value is -1.69. The van der Waals surface area contributed by atoms with Crippen LogP contribution in [0.1, 0.15) is 56.1 Å². The molecule has 0 atom stereocenters. The van der Waals surface area contributed by atoms with Crippen LogP contribution in [0, 0.1) is 6.92 Å². The number of aryl methyl sites for hydroxylation is 1. The third kappa shape index (κ3) is 5.39. The van der Waals surface area contributed by atoms with E-state index in [0.717, 1.165) is 17.3 Å². The zero-order valence-corrected chi connectivity index (χ0v) is 16.3. The number of ether oxygens (including phenoxy) is 2. The van der Waals surface area contributed by atoms with Gasteiger partial charge in [0.1, 0.15) is 0 Å². The molecule has 0 saturated heterocycles. The van der Waals surface area contributed by atoms with E-state index in [1.807, 2.05) is 13.0 Å². The maximum atomic E-state index is 12.2. The monoisotopic (exact) mass is 365 g/mol. The third-order valence-electron chi connectivity index (χ3n) is 4.35. The van der Waals surface area contributed by atoms with Crippen LogP contribution in [-0.4, -0.2) is 37.0 Å². The number of carbonyl (C=O) groups is 2. The number of hydrogen-bond acceptors (Lipinski definition) is 5. The van der Waals surface area contributed by atoms with Crippen molar-refractivity contribution in [3.63, 3.8) is 0 Å². The Labute approximate surface area is 154 Å². The normalized spacial score (nSPS) is 14.9. The number of amides is 1. The second kappa shape index (κ2) is 9.13. The molecule has 0 N–H and O–H groups in total. The van der Waals surface area contributed by atoms with E-state index in [1.165, 1.54) is 42.6 Å². The van der Waals surface area contributed by atoms with Crippen LogP contribution >= 0.6 is 11.8 Å². The van der Waals surface area contributed by atoms with E-state index >= 15 is 0 Å². The van der Waals surface area contributed by atoms with Crippen molar-refractivity contribution in [2.45, 2.75) is 56.8 Å². The summed E-state index contributed by atoms with van der Waals surface area (Å²) < 4.78 is 10.3. The van der Waals surface area contributed by atoms with Gasteiger partial charge >= 0.3 is 6.16 Å². The van der Waals surface area contributed by atoms with Gasteiger partial charge in [0.05, 0.1) is 11.5 Å². The van der Waals surface area contributed by atoms with Gasteiger partial charge in [-0.05, 0) is 61.6 Å². The first-order chi connectivity index (χ1) is 11.9. The Bertz CT molecular complexity index is 624. The standard InChI is InChI=1S/C19H27NO4S/c1-5-23-19(22)24-17-13(2)11-15(14-9-7-6-8-10-14)12-16(17)25-18(21)20(3)4/h11-12,14H,5-10H2,1-4H3. The minimum absolute atomic E-state index is 0.103. The minimum atomic E-state index is -0.741. The van der Waals surface area contributed by atoms with Crippen LogP contribution in [0.15, 0.2) is 17.0 Å². The predicted molar refractivity (Wildman–Crippen MR) is 99.6 cm³/mol. The van der Waals surface area contributed by atoms with Crippen molar-refractivity contribution >= 4 is 23.2 Å². The van der Waals surface area contributed by atoms with E-state index in [-0.39, 0.29) is 11.8 Å². The molecule has 138 valence electrons. The predicted octanol–water partition coefficient (Wildman–Crippen LogP) is 5.35. The van der Waals surface area contributed by atoms with Gasteiger partial charge in [-0.1, -0.05) is 25.3 Å². The first-order valence-corrected chi connectivity index (χ1v) is 9.62. The molecule has 1 saturated carbocycles. The fourth-order valence-corrected chi connectivity index (χ4v) is 3.92. The molecule has 1 amide bonds. The van der Waals surface area contributed by atoms with Crippen LogP contribution in [0.5, 0.6) is 5.75 Å². The zero-order valence-electron chi connectivity index (χ0n) is 15.5. The van der Waals surface area contributed by atoms with E-state index in [1.54, 1.807) is 21.0 Å². The molecule has 0 aliphatic heterocycles. The van der Waals surface area contributed by atoms with Crippen molar-refractivity contribution in [3.8, 4) is 5.75 Å². The van der Waals surface area contributed by atoms with Crippen molar-refractivity contribution in [2.75, 3.05) is 20.7 Å². The highest BCUT2D eigenvalue weighted by Crippen LogP contribution is 2.40. The quantitative estimate of drug-likeness (QED) is 0.409. The van der Waals surface area contributed by atoms with E-state index < -0.39 is 6.16 Å². The highest BCUT2D eigenvalue weighted by atomic mass is 32.2. The van der Waals surface area contributed by atoms with Gasteiger partial charge in [-0.2, -0.15) is 0 Å². The van der Waals surface area contributed by atoms with E-state index in [4.69, 9.17) is 9.47 Å². The molecule has 1 aromatic carbocycles. The van der Waals surface area contributed by atoms with Gasteiger partial charge < -0.3 is 14.4 Å². The molecular weight excluding hydrogens is 338 g/mol. The Morgan fingerprint density at radius 1 is 1.20 bits per heavy atom. The summed E-state index contributed by atoms with van der Waals surface area (Å²) in [7, 11) is 3.41. The Morgan fingerprint density at radius 3 is 2.48 bits per heavy atom. The van der Waals surface area contributed by atoms with Crippen molar-refractivity contribution < 1.29 is 19.1 Å². The highest BCUT2D eigenvalue weighted by Gasteiger charge is 2.22. The second-order valence-corrected chi connectivity index (χ2v) is 7.54. The maximum absolute atomic E-state index is 12.2. The van der Waals surface area contributed by atoms with Crippen LogP contribution in [0.4, 0.5) is 9.59 Å². The maximum Gasteiger partial charge on any atom is 0.513 e. The third-order valence-corrected chi connectivity index (χ3v) is 5.41. The lowest BCUT2D eigenvalue weighted by Gasteiger charge is -2.24. The molecule has 2 rings (SSSR count). The van der Waals surface area contributed by atoms with Gasteiger partial charge in [-0.15, -0.1) is 0 Å². The summed E-state index contributed by atoms with van der Waals surface area (Å²) >= 11 is 1.08. The molecule has 0 heterocycles. The van der Waals surface area contributed by atoms with Gasteiger partial charge in [-0.25, -0.2) is 4.79 Å². The smallest absolute Gasteiger partial charge is 0.434 e. The summed E-state index contributed by atoms with van der Waals surface area (Å²) in [5, 5.41) is -0.103. The average Bonchev–Trinajstić information content (AvgIpc) is 2.58. The van der Waals surface area contributed by atoms with Crippen LogP contribution < -0.4 is 4.74 Å². The van der Waals surface area contributed by atoms with E-state index in [2.05, 4.69) is 6.07 Å². The summed E-state index contributed by atoms with van der Waals surface area (Å²) in [5.41, 5.74) is 2.08. The molecule has 1 aliphatic carbocycles. The molecule has 1 aromatic rings. The molecule has 0 aromatic heterocycles. The fraction of sp³-hybridized carbons (Fsp3) is 0.579. The summed E-state index contributed by atoms with van der Waals surface area (Å²) in [6, 6.07) is 4.08. The molecule has 5 nitrogen and oxygen atoms in total. The van der Waals surface area contributed by atoms with Crippen molar-refractivity contribution in [2.24, 2.45) is 0 Å². The molecule has 0 radical (unpaired) electrons. The molecule has 0 spiro atoms. The molecule has 1 aliphatic rings. The number of benzene rings is 1. The number of carbonyl (C=O) groups excluding carboxylic acids is 2. The molecular formula is C19H27NO4S. The van der Waals surface area contributed by atoms with Crippen molar-refractivity contribution in [1.82, 2.24) is 4.90 Å². The summed E-state index contributed by atoms with van der Waals surface area (Å²) in [5.74, 6) is 0.927. The Balaban J connectivity index is 2.35. The van der Waals surface area contributed by atoms with Gasteiger partial charge in [0, 0.05) is 14.1 Å². The lowest BCUT2D eigenvalue weighted by atomic mass is 9.83. The first-order valence-electron chi connectivity index (χ1n) is 8.80. The van der Waals surface area contributed by atoms with Gasteiger partial charge in [-0.3, -0.25) is 4.79 Å². The van der Waals surface area contributed by atoms with E-state index in [9.17, 15) is 9.59 Å². The van der Waals surface area contributed by atoms with Crippen molar-refractivity contribution in [1.29, 1.82) is 0 Å². The van der Waals surface area contributed by atoms with Crippen LogP contribution in [-0.2, 0) is 4.74 Å². The number of rotatable bonds is 4. The molecule has 6 heteroatoms. The van der Waals surface area contributed by atoms with Gasteiger partial charge in [0.2, 0.25) is 0 Å². The zero-order chi connectivity index (χ0) is 18.4. The summed E-state index contributed by atoms with van der Waals surface area (Å²) in [4.78, 5) is 26.2. The molecule has 0 unspecified atom stereocenters. The lowest BCUT2D eigenvalue weighted by Crippen LogP contribution is -2.17. The largest absolute Gasteiger partial charge is 0.513 e. The SMILES string of the molecule is CCOC(=O)Oc1c(C)cc(C2CCCCC2)cc1SC(=O)N(C)C. The summed E-state index contributed by atoms with van der Waals surface area (Å²) in [6.45, 7) is 3.88. The fourth-order valence-electron chi connectivity index (χ4n) is 3.06. The van der Waals surface area contributed by atoms with Gasteiger partial charge in [0.15, 0.2) is 5.75 Å². The van der Waals surface area contributed by atoms with Crippen LogP contribution in [0.2, 0.25) is 0 Å². The topological polar surface area (TPSA) is 55.8 Å². The van der Waals surface area contributed by atoms with Crippen molar-refractivity contribution in [3.05, 3.63) is 23.3 Å². The second-order valence-electron chi connectivity index (χ2n) is 6.55. The lowest BCUT2D eigenvalue weighted by molar-refractivity contribution is 0.103. The first kappa shape index (κ1) is 19.6. The highest BCUT2D eigenvalue weighted by molar-refractivity contribution is 8.13. The van der Waals surface area contributed by atoms with E-state index in [0.29, 0.717) is 16.6 Å². The Kier molecular flexibility index (Phi) is 7.17. The number of thioether (sulfide) groups is 1. The molecule has 1 fully saturated rings. The van der Waals surface area contributed by atoms with Gasteiger partial charge in [0.25, 0.3) is 5.24 Å².